The highest BCUT2D eigenvalue weighted by Crippen LogP contribution is 2.30. The summed E-state index contributed by atoms with van der Waals surface area (Å²) in [6, 6.07) is 12.6. The largest absolute Gasteiger partial charge is 0.433 e. The molecule has 136 valence electrons. The Balaban J connectivity index is 1.55. The first-order valence-corrected chi connectivity index (χ1v) is 8.40. The van der Waals surface area contributed by atoms with Gasteiger partial charge in [0, 0.05) is 45.5 Å². The van der Waals surface area contributed by atoms with Crippen LogP contribution in [-0.4, -0.2) is 41.0 Å². The second kappa shape index (κ2) is 7.85. The van der Waals surface area contributed by atoms with Crippen molar-refractivity contribution in [1.29, 1.82) is 5.26 Å². The summed E-state index contributed by atoms with van der Waals surface area (Å²) in [5.74, 6) is 0. The van der Waals surface area contributed by atoms with E-state index in [0.29, 0.717) is 18.7 Å². The van der Waals surface area contributed by atoms with Crippen LogP contribution >= 0.6 is 0 Å². The number of alkyl halides is 3. The number of hydrogen-bond acceptors (Lipinski definition) is 4. The average Bonchev–Trinajstić information content (AvgIpc) is 2.63. The zero-order valence-electron chi connectivity index (χ0n) is 14.2. The molecule has 26 heavy (non-hydrogen) atoms. The van der Waals surface area contributed by atoms with Crippen molar-refractivity contribution in [3.8, 4) is 6.07 Å². The molecule has 3 rings (SSSR count). The molecule has 1 aromatic heterocycles. The highest BCUT2D eigenvalue weighted by Gasteiger charge is 2.35. The third kappa shape index (κ3) is 4.59. The van der Waals surface area contributed by atoms with Crippen molar-refractivity contribution >= 4 is 0 Å². The normalized spacial score (nSPS) is 16.4. The fourth-order valence-electron chi connectivity index (χ4n) is 3.11. The van der Waals surface area contributed by atoms with Crippen molar-refractivity contribution < 1.29 is 13.2 Å². The van der Waals surface area contributed by atoms with E-state index in [-0.39, 0.29) is 12.1 Å². The summed E-state index contributed by atoms with van der Waals surface area (Å²) < 4.78 is 39.2. The Morgan fingerprint density at radius 3 is 2.15 bits per heavy atom. The predicted octanol–water partition coefficient (Wildman–Crippen LogP) is 3.29. The Morgan fingerprint density at radius 2 is 1.58 bits per heavy atom. The molecule has 2 aromatic rings. The maximum atomic E-state index is 13.1. The minimum absolute atomic E-state index is 0.223. The van der Waals surface area contributed by atoms with E-state index in [0.717, 1.165) is 25.2 Å². The van der Waals surface area contributed by atoms with E-state index in [1.165, 1.54) is 12.3 Å². The lowest BCUT2D eigenvalue weighted by atomic mass is 10.1. The zero-order chi connectivity index (χ0) is 18.6. The molecule has 0 amide bonds. The first kappa shape index (κ1) is 18.4. The van der Waals surface area contributed by atoms with Crippen LogP contribution in [0.4, 0.5) is 13.2 Å². The van der Waals surface area contributed by atoms with Gasteiger partial charge in [0.25, 0.3) is 0 Å². The first-order valence-electron chi connectivity index (χ1n) is 8.40. The Kier molecular flexibility index (Phi) is 5.55. The highest BCUT2D eigenvalue weighted by molar-refractivity contribution is 5.31. The Bertz CT molecular complexity index is 773. The highest BCUT2D eigenvalue weighted by atomic mass is 19.4. The summed E-state index contributed by atoms with van der Waals surface area (Å²) in [5, 5.41) is 8.83. The summed E-state index contributed by atoms with van der Waals surface area (Å²) in [6.07, 6.45) is -3.24. The molecule has 4 nitrogen and oxygen atoms in total. The third-order valence-electron chi connectivity index (χ3n) is 4.51. The number of nitriles is 1. The molecular formula is C19H19F3N4. The second-order valence-corrected chi connectivity index (χ2v) is 6.37. The van der Waals surface area contributed by atoms with Crippen molar-refractivity contribution in [2.75, 3.05) is 26.2 Å². The van der Waals surface area contributed by atoms with Gasteiger partial charge in [0.15, 0.2) is 0 Å². The number of halogens is 3. The van der Waals surface area contributed by atoms with Crippen LogP contribution in [0.3, 0.4) is 0 Å². The van der Waals surface area contributed by atoms with Gasteiger partial charge in [-0.25, -0.2) is 0 Å². The predicted molar refractivity (Wildman–Crippen MR) is 91.0 cm³/mol. The number of piperazine rings is 1. The van der Waals surface area contributed by atoms with Crippen molar-refractivity contribution in [1.82, 2.24) is 14.8 Å². The fraction of sp³-hybridized carbons (Fsp3) is 0.368. The standard InChI is InChI=1S/C19H19F3N4/c20-19(21,22)18-17(2-1-7-24-18)14-26-10-8-25(9-11-26)13-16-5-3-15(12-23)4-6-16/h1-7H,8-11,13-14H2. The van der Waals surface area contributed by atoms with Crippen LogP contribution in [0.15, 0.2) is 42.6 Å². The van der Waals surface area contributed by atoms with Crippen LogP contribution in [0.5, 0.6) is 0 Å². The number of aromatic nitrogens is 1. The molecule has 1 aliphatic heterocycles. The van der Waals surface area contributed by atoms with E-state index < -0.39 is 11.9 Å². The van der Waals surface area contributed by atoms with Gasteiger partial charge < -0.3 is 0 Å². The Hall–Kier alpha value is -2.43. The summed E-state index contributed by atoms with van der Waals surface area (Å²) in [5.41, 5.74) is 1.19. The molecule has 0 radical (unpaired) electrons. The number of rotatable bonds is 4. The number of benzene rings is 1. The third-order valence-corrected chi connectivity index (χ3v) is 4.51. The van der Waals surface area contributed by atoms with Crippen molar-refractivity contribution in [3.05, 3.63) is 65.0 Å². The van der Waals surface area contributed by atoms with Gasteiger partial charge in [0.2, 0.25) is 0 Å². The molecule has 0 spiro atoms. The van der Waals surface area contributed by atoms with Crippen molar-refractivity contribution in [2.45, 2.75) is 19.3 Å². The van der Waals surface area contributed by atoms with Crippen LogP contribution in [0.1, 0.15) is 22.4 Å². The van der Waals surface area contributed by atoms with Gasteiger partial charge in [-0.2, -0.15) is 18.4 Å². The SMILES string of the molecule is N#Cc1ccc(CN2CCN(Cc3cccnc3C(F)(F)F)CC2)cc1. The minimum atomic E-state index is -4.42. The lowest BCUT2D eigenvalue weighted by Gasteiger charge is -2.35. The number of nitrogens with zero attached hydrogens (tertiary/aromatic N) is 4. The molecule has 1 saturated heterocycles. The summed E-state index contributed by atoms with van der Waals surface area (Å²) in [4.78, 5) is 7.81. The fourth-order valence-corrected chi connectivity index (χ4v) is 3.11. The molecule has 1 aromatic carbocycles. The van der Waals surface area contributed by atoms with Crippen LogP contribution in [-0.2, 0) is 19.3 Å². The van der Waals surface area contributed by atoms with E-state index in [2.05, 4.69) is 16.0 Å². The summed E-state index contributed by atoms with van der Waals surface area (Å²) in [7, 11) is 0. The van der Waals surface area contributed by atoms with Gasteiger partial charge >= 0.3 is 6.18 Å². The lowest BCUT2D eigenvalue weighted by molar-refractivity contribution is -0.142. The van der Waals surface area contributed by atoms with E-state index in [1.54, 1.807) is 18.2 Å². The van der Waals surface area contributed by atoms with Gasteiger partial charge in [-0.3, -0.25) is 14.8 Å². The molecule has 1 aliphatic rings. The quantitative estimate of drug-likeness (QED) is 0.839. The first-order chi connectivity index (χ1) is 12.5. The van der Waals surface area contributed by atoms with Gasteiger partial charge in [-0.15, -0.1) is 0 Å². The van der Waals surface area contributed by atoms with Gasteiger partial charge in [0.05, 0.1) is 11.6 Å². The molecule has 0 saturated carbocycles. The molecular weight excluding hydrogens is 341 g/mol. The average molecular weight is 360 g/mol. The van der Waals surface area contributed by atoms with Gasteiger partial charge in [-0.1, -0.05) is 18.2 Å². The topological polar surface area (TPSA) is 43.2 Å². The van der Waals surface area contributed by atoms with E-state index in [9.17, 15) is 13.2 Å². The maximum absolute atomic E-state index is 13.1. The monoisotopic (exact) mass is 360 g/mol. The Labute approximate surface area is 150 Å². The number of hydrogen-bond donors (Lipinski definition) is 0. The van der Waals surface area contributed by atoms with Crippen molar-refractivity contribution in [3.63, 3.8) is 0 Å². The molecule has 1 fully saturated rings. The Morgan fingerprint density at radius 1 is 0.962 bits per heavy atom. The molecule has 0 atom stereocenters. The smallest absolute Gasteiger partial charge is 0.297 e. The second-order valence-electron chi connectivity index (χ2n) is 6.37. The summed E-state index contributed by atoms with van der Waals surface area (Å²) in [6.45, 7) is 4.04. The van der Waals surface area contributed by atoms with E-state index in [1.807, 2.05) is 17.0 Å². The van der Waals surface area contributed by atoms with E-state index >= 15 is 0 Å². The molecule has 0 bridgehead atoms. The minimum Gasteiger partial charge on any atom is -0.297 e. The van der Waals surface area contributed by atoms with E-state index in [4.69, 9.17) is 5.26 Å². The molecule has 0 unspecified atom stereocenters. The maximum Gasteiger partial charge on any atom is 0.433 e. The van der Waals surface area contributed by atoms with Crippen LogP contribution in [0.2, 0.25) is 0 Å². The van der Waals surface area contributed by atoms with Crippen LogP contribution < -0.4 is 0 Å². The van der Waals surface area contributed by atoms with Crippen molar-refractivity contribution in [2.24, 2.45) is 0 Å². The van der Waals surface area contributed by atoms with Crippen LogP contribution in [0, 0.1) is 11.3 Å². The molecule has 0 aliphatic carbocycles. The zero-order valence-corrected chi connectivity index (χ0v) is 14.2. The summed E-state index contributed by atoms with van der Waals surface area (Å²) >= 11 is 0. The van der Waals surface area contributed by atoms with Crippen LogP contribution in [0.25, 0.3) is 0 Å². The van der Waals surface area contributed by atoms with Gasteiger partial charge in [-0.05, 0) is 29.3 Å². The lowest BCUT2D eigenvalue weighted by Crippen LogP contribution is -2.45. The van der Waals surface area contributed by atoms with Gasteiger partial charge in [0.1, 0.15) is 5.69 Å². The molecule has 2 heterocycles. The number of pyridine rings is 1. The molecule has 7 heteroatoms. The molecule has 0 N–H and O–H groups in total.